The summed E-state index contributed by atoms with van der Waals surface area (Å²) in [6.45, 7) is 3.91. The van der Waals surface area contributed by atoms with Gasteiger partial charge in [0.2, 0.25) is 0 Å². The fourth-order valence-corrected chi connectivity index (χ4v) is 3.33. The summed E-state index contributed by atoms with van der Waals surface area (Å²) in [5.74, 6) is 0. The number of hydrogen-bond donors (Lipinski definition) is 2. The average molecular weight is 359 g/mol. The Labute approximate surface area is 147 Å². The first-order chi connectivity index (χ1) is 10.8. The number of urea groups is 1. The fraction of sp³-hybridized carbons (Fsp3) is 0.562. The highest BCUT2D eigenvalue weighted by molar-refractivity contribution is 6.44. The first-order valence-electron chi connectivity index (χ1n) is 7.76. The van der Waals surface area contributed by atoms with Crippen LogP contribution in [0.2, 0.25) is 10.0 Å². The van der Waals surface area contributed by atoms with Crippen LogP contribution in [0.4, 0.5) is 10.5 Å². The van der Waals surface area contributed by atoms with Gasteiger partial charge in [-0.05, 0) is 51.5 Å². The predicted octanol–water partition coefficient (Wildman–Crippen LogP) is 3.37. The van der Waals surface area contributed by atoms with Gasteiger partial charge in [0.15, 0.2) is 0 Å². The Morgan fingerprint density at radius 1 is 1.35 bits per heavy atom. The smallest absolute Gasteiger partial charge is 0.317 e. The summed E-state index contributed by atoms with van der Waals surface area (Å²) in [6, 6.07) is 3.42. The quantitative estimate of drug-likeness (QED) is 0.814. The third-order valence-electron chi connectivity index (χ3n) is 4.50. The van der Waals surface area contributed by atoms with Crippen LogP contribution in [0.1, 0.15) is 31.4 Å². The average Bonchev–Trinajstić information content (AvgIpc) is 2.52. The van der Waals surface area contributed by atoms with Crippen molar-refractivity contribution in [1.82, 2.24) is 15.1 Å². The molecule has 0 saturated carbocycles. The molecular formula is C16H24Cl2N4O. The van der Waals surface area contributed by atoms with Crippen molar-refractivity contribution < 1.29 is 4.79 Å². The van der Waals surface area contributed by atoms with Gasteiger partial charge in [-0.1, -0.05) is 29.3 Å². The maximum absolute atomic E-state index is 12.5. The minimum atomic E-state index is -0.248. The molecule has 0 bridgehead atoms. The number of carbonyl (C=O) groups is 1. The molecule has 0 aliphatic carbocycles. The maximum atomic E-state index is 12.5. The monoisotopic (exact) mass is 358 g/mol. The Hall–Kier alpha value is -1.17. The Morgan fingerprint density at radius 3 is 2.57 bits per heavy atom. The van der Waals surface area contributed by atoms with Crippen molar-refractivity contribution in [2.75, 3.05) is 32.9 Å². The van der Waals surface area contributed by atoms with Crippen molar-refractivity contribution >= 4 is 34.9 Å². The van der Waals surface area contributed by atoms with E-state index in [0.29, 0.717) is 15.7 Å². The van der Waals surface area contributed by atoms with Crippen LogP contribution in [-0.4, -0.2) is 49.1 Å². The van der Waals surface area contributed by atoms with Crippen LogP contribution in [0, 0.1) is 0 Å². The second kappa shape index (κ2) is 7.60. The lowest BCUT2D eigenvalue weighted by molar-refractivity contribution is 0.146. The molecule has 23 heavy (non-hydrogen) atoms. The minimum Gasteiger partial charge on any atom is -0.397 e. The predicted molar refractivity (Wildman–Crippen MR) is 96.1 cm³/mol. The number of hydrogen-bond acceptors (Lipinski definition) is 3. The number of amides is 2. The van der Waals surface area contributed by atoms with Crippen molar-refractivity contribution in [3.8, 4) is 0 Å². The lowest BCUT2D eigenvalue weighted by atomic mass is 10.0. The first kappa shape index (κ1) is 18.2. The third-order valence-corrected chi connectivity index (χ3v) is 5.42. The van der Waals surface area contributed by atoms with Crippen molar-refractivity contribution in [1.29, 1.82) is 0 Å². The number of halogens is 2. The van der Waals surface area contributed by atoms with Crippen molar-refractivity contribution in [3.05, 3.63) is 27.7 Å². The standard InChI is InChI=1S/C16H24Cl2N4O/c1-10(12-4-5-13(19)15(18)14(12)17)20-16(23)22(3)11-6-8-21(2)9-7-11/h4-5,10-11H,6-9,19H2,1-3H3,(H,20,23). The van der Waals surface area contributed by atoms with Gasteiger partial charge in [0.05, 0.1) is 21.8 Å². The van der Waals surface area contributed by atoms with Crippen LogP contribution < -0.4 is 11.1 Å². The highest BCUT2D eigenvalue weighted by Crippen LogP contribution is 2.34. The van der Waals surface area contributed by atoms with E-state index in [4.69, 9.17) is 28.9 Å². The number of carbonyl (C=O) groups excluding carboxylic acids is 1. The molecule has 1 atom stereocenters. The molecule has 0 radical (unpaired) electrons. The second-order valence-electron chi connectivity index (χ2n) is 6.19. The van der Waals surface area contributed by atoms with Crippen LogP contribution in [0.3, 0.4) is 0 Å². The number of rotatable bonds is 3. The summed E-state index contributed by atoms with van der Waals surface area (Å²) in [6.07, 6.45) is 1.98. The molecule has 1 heterocycles. The molecule has 1 unspecified atom stereocenters. The van der Waals surface area contributed by atoms with E-state index < -0.39 is 0 Å². The Kier molecular flexibility index (Phi) is 6.00. The summed E-state index contributed by atoms with van der Waals surface area (Å²) in [4.78, 5) is 16.5. The highest BCUT2D eigenvalue weighted by Gasteiger charge is 2.25. The number of nitrogens with zero attached hydrogens (tertiary/aromatic N) is 2. The summed E-state index contributed by atoms with van der Waals surface area (Å²) in [5, 5.41) is 3.70. The molecule has 1 aromatic rings. The largest absolute Gasteiger partial charge is 0.397 e. The number of benzene rings is 1. The molecule has 1 saturated heterocycles. The van der Waals surface area contributed by atoms with E-state index in [1.807, 2.05) is 14.0 Å². The van der Waals surface area contributed by atoms with Crippen LogP contribution in [0.25, 0.3) is 0 Å². The first-order valence-corrected chi connectivity index (χ1v) is 8.52. The Morgan fingerprint density at radius 2 is 1.96 bits per heavy atom. The highest BCUT2D eigenvalue weighted by atomic mass is 35.5. The van der Waals surface area contributed by atoms with E-state index in [0.717, 1.165) is 31.5 Å². The van der Waals surface area contributed by atoms with Crippen LogP contribution in [0.15, 0.2) is 12.1 Å². The zero-order valence-corrected chi connectivity index (χ0v) is 15.3. The summed E-state index contributed by atoms with van der Waals surface area (Å²) < 4.78 is 0. The summed E-state index contributed by atoms with van der Waals surface area (Å²) >= 11 is 12.3. The molecular weight excluding hydrogens is 335 g/mol. The minimum absolute atomic E-state index is 0.101. The summed E-state index contributed by atoms with van der Waals surface area (Å²) in [7, 11) is 3.95. The molecule has 1 aliphatic heterocycles. The zero-order valence-electron chi connectivity index (χ0n) is 13.8. The van der Waals surface area contributed by atoms with Crippen LogP contribution >= 0.6 is 23.2 Å². The van der Waals surface area contributed by atoms with E-state index in [-0.39, 0.29) is 18.1 Å². The third kappa shape index (κ3) is 4.22. The Bertz CT molecular complexity index is 573. The normalized spacial score (nSPS) is 17.8. The lowest BCUT2D eigenvalue weighted by Crippen LogP contribution is -2.48. The number of nitrogens with one attached hydrogen (secondary N) is 1. The molecule has 2 rings (SSSR count). The molecule has 128 valence electrons. The number of nitrogen functional groups attached to an aromatic ring is 1. The van der Waals surface area contributed by atoms with Gasteiger partial charge in [0.25, 0.3) is 0 Å². The van der Waals surface area contributed by atoms with Gasteiger partial charge >= 0.3 is 6.03 Å². The van der Waals surface area contributed by atoms with Gasteiger partial charge in [-0.3, -0.25) is 0 Å². The molecule has 5 nitrogen and oxygen atoms in total. The molecule has 1 aliphatic rings. The van der Waals surface area contributed by atoms with Gasteiger partial charge in [-0.2, -0.15) is 0 Å². The van der Waals surface area contributed by atoms with Gasteiger partial charge in [0.1, 0.15) is 0 Å². The van der Waals surface area contributed by atoms with Gasteiger partial charge in [0, 0.05) is 13.1 Å². The van der Waals surface area contributed by atoms with Crippen LogP contribution in [-0.2, 0) is 0 Å². The molecule has 3 N–H and O–H groups in total. The zero-order chi connectivity index (χ0) is 17.1. The van der Waals surface area contributed by atoms with E-state index in [1.165, 1.54) is 0 Å². The lowest BCUT2D eigenvalue weighted by Gasteiger charge is -2.35. The molecule has 7 heteroatoms. The topological polar surface area (TPSA) is 61.6 Å². The summed E-state index contributed by atoms with van der Waals surface area (Å²) in [5.41, 5.74) is 6.92. The van der Waals surface area contributed by atoms with E-state index in [2.05, 4.69) is 17.3 Å². The molecule has 1 fully saturated rings. The Balaban J connectivity index is 2.01. The van der Waals surface area contributed by atoms with Gasteiger partial charge in [-0.25, -0.2) is 4.79 Å². The number of piperidine rings is 1. The number of anilines is 1. The van der Waals surface area contributed by atoms with E-state index in [9.17, 15) is 4.79 Å². The number of nitrogens with two attached hydrogens (primary N) is 1. The molecule has 1 aromatic carbocycles. The van der Waals surface area contributed by atoms with Crippen molar-refractivity contribution in [2.24, 2.45) is 0 Å². The maximum Gasteiger partial charge on any atom is 0.317 e. The molecule has 0 aromatic heterocycles. The van der Waals surface area contributed by atoms with Crippen LogP contribution in [0.5, 0.6) is 0 Å². The second-order valence-corrected chi connectivity index (χ2v) is 6.94. The van der Waals surface area contributed by atoms with Crippen molar-refractivity contribution in [2.45, 2.75) is 31.8 Å². The van der Waals surface area contributed by atoms with Gasteiger partial charge < -0.3 is 20.9 Å². The van der Waals surface area contributed by atoms with Gasteiger partial charge in [-0.15, -0.1) is 0 Å². The molecule has 0 spiro atoms. The molecule has 2 amide bonds. The fourth-order valence-electron chi connectivity index (χ4n) is 2.83. The number of likely N-dealkylation sites (tertiary alicyclic amines) is 1. The van der Waals surface area contributed by atoms with E-state index in [1.54, 1.807) is 17.0 Å². The SMILES string of the molecule is CC(NC(=O)N(C)C1CCN(C)CC1)c1ccc(N)c(Cl)c1Cl. The van der Waals surface area contributed by atoms with E-state index >= 15 is 0 Å². The van der Waals surface area contributed by atoms with Crippen molar-refractivity contribution in [3.63, 3.8) is 0 Å².